The molecule has 0 aliphatic heterocycles. The van der Waals surface area contributed by atoms with E-state index in [1.807, 2.05) is 11.8 Å². The van der Waals surface area contributed by atoms with Crippen LogP contribution in [0.3, 0.4) is 0 Å². The summed E-state index contributed by atoms with van der Waals surface area (Å²) >= 11 is 0. The van der Waals surface area contributed by atoms with Crippen LogP contribution in [0.2, 0.25) is 0 Å². The molecular formula is C11H22N2O2. The van der Waals surface area contributed by atoms with Crippen molar-refractivity contribution in [3.63, 3.8) is 0 Å². The fourth-order valence-corrected chi connectivity index (χ4v) is 1.55. The summed E-state index contributed by atoms with van der Waals surface area (Å²) in [7, 11) is 1.63. The molecule has 0 saturated heterocycles. The summed E-state index contributed by atoms with van der Waals surface area (Å²) < 4.78 is 0. The molecule has 1 N–H and O–H groups in total. The Balaban J connectivity index is 4.23. The number of hydrogen-bond donors (Lipinski definition) is 1. The maximum atomic E-state index is 11.2. The summed E-state index contributed by atoms with van der Waals surface area (Å²) in [5.41, 5.74) is 0. The van der Waals surface area contributed by atoms with Gasteiger partial charge in [0.1, 0.15) is 5.78 Å². The van der Waals surface area contributed by atoms with Gasteiger partial charge in [-0.05, 0) is 26.8 Å². The molecule has 1 unspecified atom stereocenters. The molecule has 0 aliphatic rings. The number of nitrogens with zero attached hydrogens (tertiary/aromatic N) is 1. The fraction of sp³-hybridized carbons (Fsp3) is 0.818. The van der Waals surface area contributed by atoms with E-state index in [1.54, 1.807) is 14.0 Å². The van der Waals surface area contributed by atoms with Gasteiger partial charge in [-0.1, -0.05) is 6.92 Å². The minimum absolute atomic E-state index is 0.00106. The molecule has 0 heterocycles. The Labute approximate surface area is 92.0 Å². The molecule has 0 bridgehead atoms. The fourth-order valence-electron chi connectivity index (χ4n) is 1.55. The Morgan fingerprint density at radius 3 is 2.40 bits per heavy atom. The summed E-state index contributed by atoms with van der Waals surface area (Å²) in [6.07, 6.45) is 1.50. The van der Waals surface area contributed by atoms with Gasteiger partial charge in [0.25, 0.3) is 0 Å². The number of carbonyl (C=O) groups is 2. The van der Waals surface area contributed by atoms with Crippen LogP contribution in [0.1, 0.15) is 33.6 Å². The molecule has 0 rings (SSSR count). The third-order valence-electron chi connectivity index (χ3n) is 2.34. The van der Waals surface area contributed by atoms with Crippen LogP contribution in [0.15, 0.2) is 0 Å². The topological polar surface area (TPSA) is 49.4 Å². The van der Waals surface area contributed by atoms with E-state index >= 15 is 0 Å². The van der Waals surface area contributed by atoms with Gasteiger partial charge in [-0.15, -0.1) is 0 Å². The van der Waals surface area contributed by atoms with Crippen molar-refractivity contribution in [2.45, 2.75) is 39.7 Å². The number of nitrogens with one attached hydrogen (secondary N) is 1. The van der Waals surface area contributed by atoms with E-state index < -0.39 is 0 Å². The smallest absolute Gasteiger partial charge is 0.233 e. The zero-order valence-electron chi connectivity index (χ0n) is 10.2. The minimum atomic E-state index is -0.00106. The lowest BCUT2D eigenvalue weighted by molar-refractivity contribution is -0.123. The van der Waals surface area contributed by atoms with Gasteiger partial charge in [-0.2, -0.15) is 0 Å². The van der Waals surface area contributed by atoms with Crippen molar-refractivity contribution < 1.29 is 9.59 Å². The van der Waals surface area contributed by atoms with E-state index in [9.17, 15) is 9.59 Å². The highest BCUT2D eigenvalue weighted by Crippen LogP contribution is 2.05. The van der Waals surface area contributed by atoms with Gasteiger partial charge < -0.3 is 5.32 Å². The molecule has 1 amide bonds. The number of amides is 1. The highest BCUT2D eigenvalue weighted by molar-refractivity contribution is 5.78. The number of likely N-dealkylation sites (N-methyl/N-ethyl adjacent to an activating group) is 1. The monoisotopic (exact) mass is 214 g/mol. The van der Waals surface area contributed by atoms with Crippen LogP contribution in [0.4, 0.5) is 0 Å². The molecule has 0 aromatic rings. The minimum Gasteiger partial charge on any atom is -0.358 e. The summed E-state index contributed by atoms with van der Waals surface area (Å²) in [4.78, 5) is 24.3. The van der Waals surface area contributed by atoms with Crippen LogP contribution >= 0.6 is 0 Å². The molecule has 4 heteroatoms. The second-order valence-corrected chi connectivity index (χ2v) is 3.90. The summed E-state index contributed by atoms with van der Waals surface area (Å²) in [6.45, 7) is 6.86. The normalized spacial score (nSPS) is 12.6. The predicted molar refractivity (Wildman–Crippen MR) is 60.7 cm³/mol. The van der Waals surface area contributed by atoms with Crippen molar-refractivity contribution in [3.8, 4) is 0 Å². The average molecular weight is 214 g/mol. The zero-order chi connectivity index (χ0) is 11.8. The van der Waals surface area contributed by atoms with Gasteiger partial charge >= 0.3 is 0 Å². The first-order valence-electron chi connectivity index (χ1n) is 5.45. The van der Waals surface area contributed by atoms with Crippen LogP contribution in [-0.4, -0.2) is 42.8 Å². The maximum absolute atomic E-state index is 11.2. The third-order valence-corrected chi connectivity index (χ3v) is 2.34. The Hall–Kier alpha value is -0.900. The lowest BCUT2D eigenvalue weighted by Crippen LogP contribution is -2.42. The lowest BCUT2D eigenvalue weighted by atomic mass is 10.1. The van der Waals surface area contributed by atoms with Crippen molar-refractivity contribution in [3.05, 3.63) is 0 Å². The summed E-state index contributed by atoms with van der Waals surface area (Å²) in [6, 6.07) is 0.139. The molecule has 88 valence electrons. The molecule has 0 fully saturated rings. The average Bonchev–Trinajstić information content (AvgIpc) is 2.15. The zero-order valence-corrected chi connectivity index (χ0v) is 10.2. The highest BCUT2D eigenvalue weighted by atomic mass is 16.2. The van der Waals surface area contributed by atoms with Gasteiger partial charge in [0.05, 0.1) is 6.54 Å². The first-order chi connectivity index (χ1) is 7.01. The SMILES string of the molecule is CCCN(CC(=O)NC)C(C)CC(C)=O. The number of ketones is 1. The van der Waals surface area contributed by atoms with Crippen LogP contribution in [0, 0.1) is 0 Å². The van der Waals surface area contributed by atoms with Gasteiger partial charge in [0.15, 0.2) is 0 Å². The molecule has 0 radical (unpaired) electrons. The molecule has 0 aromatic heterocycles. The number of Topliss-reactive ketones (excluding diaryl/α,β-unsaturated/α-hetero) is 1. The Kier molecular flexibility index (Phi) is 6.96. The van der Waals surface area contributed by atoms with Crippen molar-refractivity contribution >= 4 is 11.7 Å². The van der Waals surface area contributed by atoms with Crippen LogP contribution in [-0.2, 0) is 9.59 Å². The first-order valence-corrected chi connectivity index (χ1v) is 5.45. The molecule has 4 nitrogen and oxygen atoms in total. The maximum Gasteiger partial charge on any atom is 0.233 e. The molecule has 15 heavy (non-hydrogen) atoms. The molecule has 1 atom stereocenters. The Morgan fingerprint density at radius 1 is 1.40 bits per heavy atom. The van der Waals surface area contributed by atoms with Gasteiger partial charge in [-0.3, -0.25) is 14.5 Å². The van der Waals surface area contributed by atoms with E-state index in [0.29, 0.717) is 13.0 Å². The van der Waals surface area contributed by atoms with Crippen molar-refractivity contribution in [2.75, 3.05) is 20.1 Å². The van der Waals surface area contributed by atoms with E-state index in [1.165, 1.54) is 0 Å². The van der Waals surface area contributed by atoms with Crippen molar-refractivity contribution in [1.29, 1.82) is 0 Å². The largest absolute Gasteiger partial charge is 0.358 e. The third kappa shape index (κ3) is 6.23. The first kappa shape index (κ1) is 14.1. The Bertz CT molecular complexity index is 217. The van der Waals surface area contributed by atoms with E-state index in [-0.39, 0.29) is 17.7 Å². The second kappa shape index (κ2) is 7.40. The summed E-state index contributed by atoms with van der Waals surface area (Å²) in [5, 5.41) is 2.60. The molecule has 0 aromatic carbocycles. The van der Waals surface area contributed by atoms with Crippen LogP contribution in [0.5, 0.6) is 0 Å². The molecule has 0 aliphatic carbocycles. The number of rotatable bonds is 7. The number of carbonyl (C=O) groups excluding carboxylic acids is 2. The number of hydrogen-bond acceptors (Lipinski definition) is 3. The lowest BCUT2D eigenvalue weighted by Gasteiger charge is -2.27. The molecule has 0 spiro atoms. The van der Waals surface area contributed by atoms with Crippen LogP contribution < -0.4 is 5.32 Å². The Morgan fingerprint density at radius 2 is 2.00 bits per heavy atom. The second-order valence-electron chi connectivity index (χ2n) is 3.90. The highest BCUT2D eigenvalue weighted by Gasteiger charge is 2.16. The van der Waals surface area contributed by atoms with E-state index in [2.05, 4.69) is 12.2 Å². The van der Waals surface area contributed by atoms with Gasteiger partial charge in [0, 0.05) is 19.5 Å². The van der Waals surface area contributed by atoms with Gasteiger partial charge in [0.2, 0.25) is 5.91 Å². The van der Waals surface area contributed by atoms with Crippen molar-refractivity contribution in [2.24, 2.45) is 0 Å². The predicted octanol–water partition coefficient (Wildman–Crippen LogP) is 0.812. The van der Waals surface area contributed by atoms with E-state index in [0.717, 1.165) is 13.0 Å². The standard InChI is InChI=1S/C11H22N2O2/c1-5-6-13(8-11(15)12-4)9(2)7-10(3)14/h9H,5-8H2,1-4H3,(H,12,15). The quantitative estimate of drug-likeness (QED) is 0.682. The van der Waals surface area contributed by atoms with Crippen LogP contribution in [0.25, 0.3) is 0 Å². The molecular weight excluding hydrogens is 192 g/mol. The van der Waals surface area contributed by atoms with Gasteiger partial charge in [-0.25, -0.2) is 0 Å². The van der Waals surface area contributed by atoms with Crippen molar-refractivity contribution in [1.82, 2.24) is 10.2 Å². The van der Waals surface area contributed by atoms with E-state index in [4.69, 9.17) is 0 Å². The summed E-state index contributed by atoms with van der Waals surface area (Å²) in [5.74, 6) is 0.166. The molecule has 0 saturated carbocycles.